The van der Waals surface area contributed by atoms with E-state index in [4.69, 9.17) is 14.4 Å². The van der Waals surface area contributed by atoms with Crippen LogP contribution in [0.1, 0.15) is 0 Å². The molecule has 0 bridgehead atoms. The summed E-state index contributed by atoms with van der Waals surface area (Å²) >= 11 is 0. The highest BCUT2D eigenvalue weighted by molar-refractivity contribution is 6.12. The van der Waals surface area contributed by atoms with Crippen LogP contribution < -0.4 is 0 Å². The van der Waals surface area contributed by atoms with Gasteiger partial charge in [-0.05, 0) is 82.4 Å². The van der Waals surface area contributed by atoms with Gasteiger partial charge >= 0.3 is 0 Å². The van der Waals surface area contributed by atoms with E-state index in [1.165, 1.54) is 27.6 Å². The molecule has 0 aliphatic carbocycles. The smallest absolute Gasteiger partial charge is 0.238 e. The molecule has 0 aliphatic rings. The minimum Gasteiger partial charge on any atom is -0.437 e. The van der Waals surface area contributed by atoms with Gasteiger partial charge < -0.3 is 8.98 Å². The highest BCUT2D eigenvalue weighted by Gasteiger charge is 2.21. The Morgan fingerprint density at radius 3 is 1.81 bits per heavy atom. The van der Waals surface area contributed by atoms with Crippen LogP contribution in [0, 0.1) is 0 Å². The zero-order valence-corrected chi connectivity index (χ0v) is 31.8. The fourth-order valence-corrected chi connectivity index (χ4v) is 8.82. The number of nitrogens with zero attached hydrogens (tertiary/aromatic N) is 4. The van der Waals surface area contributed by atoms with Crippen molar-refractivity contribution in [2.45, 2.75) is 0 Å². The van der Waals surface area contributed by atoms with Crippen molar-refractivity contribution < 1.29 is 4.42 Å². The van der Waals surface area contributed by atoms with Gasteiger partial charge in [0.15, 0.2) is 0 Å². The Morgan fingerprint density at radius 1 is 0.407 bits per heavy atom. The molecule has 0 atom stereocenters. The van der Waals surface area contributed by atoms with Crippen molar-refractivity contribution in [2.24, 2.45) is 0 Å². The van der Waals surface area contributed by atoms with Gasteiger partial charge in [0.25, 0.3) is 0 Å². The van der Waals surface area contributed by atoms with Crippen LogP contribution in [0.2, 0.25) is 0 Å². The number of para-hydroxylation sites is 2. The number of hydrogen-bond donors (Lipinski definition) is 0. The van der Waals surface area contributed by atoms with Crippen LogP contribution in [0.15, 0.2) is 211 Å². The average molecular weight is 755 g/mol. The van der Waals surface area contributed by atoms with Gasteiger partial charge in [0.1, 0.15) is 5.58 Å². The van der Waals surface area contributed by atoms with E-state index >= 15 is 0 Å². The Morgan fingerprint density at radius 2 is 1.02 bits per heavy atom. The van der Waals surface area contributed by atoms with Gasteiger partial charge in [-0.25, -0.2) is 4.98 Å². The normalized spacial score (nSPS) is 11.7. The molecule has 0 saturated carbocycles. The van der Waals surface area contributed by atoms with Gasteiger partial charge in [0.2, 0.25) is 11.7 Å². The van der Waals surface area contributed by atoms with Crippen LogP contribution in [0.3, 0.4) is 0 Å². The van der Waals surface area contributed by atoms with Crippen molar-refractivity contribution in [3.8, 4) is 56.3 Å². The molecule has 8 aromatic carbocycles. The molecule has 59 heavy (non-hydrogen) atoms. The molecule has 0 radical (unpaired) electrons. The van der Waals surface area contributed by atoms with E-state index in [1.807, 2.05) is 36.4 Å². The van der Waals surface area contributed by atoms with Crippen LogP contribution in [0.4, 0.5) is 0 Å². The van der Waals surface area contributed by atoms with Crippen molar-refractivity contribution in [2.75, 3.05) is 0 Å². The lowest BCUT2D eigenvalue weighted by Gasteiger charge is -2.15. The summed E-state index contributed by atoms with van der Waals surface area (Å²) in [6.45, 7) is 0. The molecule has 5 heteroatoms. The summed E-state index contributed by atoms with van der Waals surface area (Å²) in [5.74, 6) is 0.573. The molecule has 0 aliphatic heterocycles. The van der Waals surface area contributed by atoms with Crippen LogP contribution >= 0.6 is 0 Å². The highest BCUT2D eigenvalue weighted by Crippen LogP contribution is 2.40. The summed E-state index contributed by atoms with van der Waals surface area (Å²) in [6.07, 6.45) is 2.19. The van der Waals surface area contributed by atoms with Gasteiger partial charge in [-0.15, -0.1) is 0 Å². The predicted molar refractivity (Wildman–Crippen MR) is 242 cm³/mol. The molecular formula is C54H34N4O. The molecule has 0 fully saturated rings. The summed E-state index contributed by atoms with van der Waals surface area (Å²) in [4.78, 5) is 10.4. The first-order valence-corrected chi connectivity index (χ1v) is 19.9. The number of rotatable bonds is 6. The van der Waals surface area contributed by atoms with Crippen LogP contribution in [0.25, 0.3) is 111 Å². The van der Waals surface area contributed by atoms with Crippen molar-refractivity contribution in [3.05, 3.63) is 206 Å². The molecule has 0 unspecified atom stereocenters. The lowest BCUT2D eigenvalue weighted by Crippen LogP contribution is -2.02. The summed E-state index contributed by atoms with van der Waals surface area (Å²) in [5.41, 5.74) is 14.7. The van der Waals surface area contributed by atoms with E-state index in [-0.39, 0.29) is 0 Å². The third kappa shape index (κ3) is 5.40. The van der Waals surface area contributed by atoms with Crippen LogP contribution in [0.5, 0.6) is 0 Å². The van der Waals surface area contributed by atoms with Crippen LogP contribution in [-0.2, 0) is 0 Å². The van der Waals surface area contributed by atoms with Gasteiger partial charge in [0, 0.05) is 38.9 Å². The second-order valence-corrected chi connectivity index (χ2v) is 15.0. The maximum atomic E-state index is 6.41. The number of benzene rings is 8. The fraction of sp³-hybridized carbons (Fsp3) is 0. The highest BCUT2D eigenvalue weighted by atomic mass is 16.3. The largest absolute Gasteiger partial charge is 0.437 e. The maximum absolute atomic E-state index is 6.41. The fourth-order valence-electron chi connectivity index (χ4n) is 8.82. The predicted octanol–water partition coefficient (Wildman–Crippen LogP) is 14.1. The molecule has 5 nitrogen and oxygen atoms in total. The summed E-state index contributed by atoms with van der Waals surface area (Å²) < 4.78 is 10.9. The summed E-state index contributed by atoms with van der Waals surface area (Å²) in [6, 6.07) is 70.7. The van der Waals surface area contributed by atoms with E-state index in [1.54, 1.807) is 0 Å². The molecule has 0 N–H and O–H groups in total. The monoisotopic (exact) mass is 754 g/mol. The SMILES string of the molecule is c1ccc(-c2ccc(-n3ccc4cc(-c5ccc6c(c5)c5ccccc5n6-c5nc(-c6ccccc6)c6c(n5)oc5ccccc56)ccc43)c(-c3ccccc3)c2)cc1. The Balaban J connectivity index is 0.983. The summed E-state index contributed by atoms with van der Waals surface area (Å²) in [5, 5.41) is 5.38. The molecule has 12 rings (SSSR count). The Labute approximate surface area is 339 Å². The number of aromatic nitrogens is 4. The molecule has 4 heterocycles. The van der Waals surface area contributed by atoms with Crippen molar-refractivity contribution in [1.29, 1.82) is 0 Å². The van der Waals surface area contributed by atoms with Gasteiger partial charge in [-0.2, -0.15) is 4.98 Å². The Kier molecular flexibility index (Phi) is 7.47. The lowest BCUT2D eigenvalue weighted by atomic mass is 9.97. The molecule has 0 amide bonds. The van der Waals surface area contributed by atoms with E-state index in [0.29, 0.717) is 11.7 Å². The van der Waals surface area contributed by atoms with Gasteiger partial charge in [0.05, 0.1) is 33.3 Å². The average Bonchev–Trinajstić information content (AvgIpc) is 4.01. The van der Waals surface area contributed by atoms with Crippen LogP contribution in [-0.4, -0.2) is 19.1 Å². The minimum atomic E-state index is 0.570. The standard InChI is InChI=1S/C54H34N4O/c1-4-14-35(15-5-1)39-25-28-47(44(33-39)36-16-6-2-7-17-36)57-31-30-41-32-38(24-27-46(41)57)40-26-29-49-45(34-40)42-20-10-12-22-48(42)58(49)54-55-52(37-18-8-3-9-19-37)51-43-21-11-13-23-50(43)59-53(51)56-54/h1-34H. The molecule has 12 aromatic rings. The zero-order valence-electron chi connectivity index (χ0n) is 31.8. The van der Waals surface area contributed by atoms with E-state index < -0.39 is 0 Å². The van der Waals surface area contributed by atoms with E-state index in [9.17, 15) is 0 Å². The third-order valence-electron chi connectivity index (χ3n) is 11.6. The second-order valence-electron chi connectivity index (χ2n) is 15.0. The van der Waals surface area contributed by atoms with Crippen molar-refractivity contribution in [1.82, 2.24) is 19.1 Å². The second kappa shape index (κ2) is 13.3. The molecular weight excluding hydrogens is 721 g/mol. The molecule has 276 valence electrons. The molecule has 4 aromatic heterocycles. The zero-order chi connectivity index (χ0) is 38.9. The first kappa shape index (κ1) is 33.2. The number of fused-ring (bicyclic) bond motifs is 7. The maximum Gasteiger partial charge on any atom is 0.238 e. The quantitative estimate of drug-likeness (QED) is 0.170. The number of furan rings is 1. The third-order valence-corrected chi connectivity index (χ3v) is 11.6. The Hall–Kier alpha value is -8.02. The van der Waals surface area contributed by atoms with E-state index in [2.05, 4.69) is 179 Å². The Bertz CT molecular complexity index is 3540. The number of hydrogen-bond acceptors (Lipinski definition) is 3. The first-order chi connectivity index (χ1) is 29.2. The van der Waals surface area contributed by atoms with E-state index in [0.717, 1.165) is 71.7 Å². The lowest BCUT2D eigenvalue weighted by molar-refractivity contribution is 0.651. The minimum absolute atomic E-state index is 0.570. The molecule has 0 spiro atoms. The van der Waals surface area contributed by atoms with Gasteiger partial charge in [-0.1, -0.05) is 146 Å². The van der Waals surface area contributed by atoms with Crippen molar-refractivity contribution >= 4 is 54.8 Å². The summed E-state index contributed by atoms with van der Waals surface area (Å²) in [7, 11) is 0. The first-order valence-electron chi connectivity index (χ1n) is 19.9. The van der Waals surface area contributed by atoms with Crippen molar-refractivity contribution in [3.63, 3.8) is 0 Å². The topological polar surface area (TPSA) is 48.8 Å². The van der Waals surface area contributed by atoms with Gasteiger partial charge in [-0.3, -0.25) is 4.57 Å². The molecule has 0 saturated heterocycles.